The molecule has 0 atom stereocenters. The van der Waals surface area contributed by atoms with E-state index in [1.54, 1.807) is 30.3 Å². The van der Waals surface area contributed by atoms with Crippen molar-refractivity contribution in [2.24, 2.45) is 0 Å². The highest BCUT2D eigenvalue weighted by atomic mass is 16.5. The Balaban J connectivity index is 1.43. The van der Waals surface area contributed by atoms with Gasteiger partial charge < -0.3 is 15.2 Å². The lowest BCUT2D eigenvalue weighted by atomic mass is 10.1. The monoisotopic (exact) mass is 471 g/mol. The van der Waals surface area contributed by atoms with Crippen molar-refractivity contribution in [3.63, 3.8) is 0 Å². The lowest BCUT2D eigenvalue weighted by Gasteiger charge is -2.26. The Morgan fingerprint density at radius 1 is 1.00 bits per heavy atom. The summed E-state index contributed by atoms with van der Waals surface area (Å²) >= 11 is 0. The predicted octanol–water partition coefficient (Wildman–Crippen LogP) is 3.38. The van der Waals surface area contributed by atoms with Gasteiger partial charge in [-0.25, -0.2) is 9.69 Å². The van der Waals surface area contributed by atoms with Crippen molar-refractivity contribution in [3.05, 3.63) is 89.5 Å². The molecule has 3 aromatic rings. The van der Waals surface area contributed by atoms with Crippen LogP contribution in [0.5, 0.6) is 11.5 Å². The Kier molecular flexibility index (Phi) is 6.59. The van der Waals surface area contributed by atoms with Crippen LogP contribution in [0.2, 0.25) is 0 Å². The number of rotatable bonds is 6. The second-order valence-corrected chi connectivity index (χ2v) is 7.70. The number of hydrogen-bond donors (Lipinski definition) is 3. The van der Waals surface area contributed by atoms with Crippen molar-refractivity contribution >= 4 is 41.2 Å². The van der Waals surface area contributed by atoms with Crippen LogP contribution in [0, 0.1) is 6.92 Å². The molecule has 0 saturated carbocycles. The van der Waals surface area contributed by atoms with Crippen LogP contribution in [-0.4, -0.2) is 35.5 Å². The van der Waals surface area contributed by atoms with Gasteiger partial charge in [0.05, 0.1) is 5.69 Å². The SMILES string of the molecule is Cc1ccccc1NC(=O)COc1ccc(/C=C2/C(=O)NC(=O)N(c3ccc(O)cc3)C2=O)cc1. The third-order valence-electron chi connectivity index (χ3n) is 5.19. The lowest BCUT2D eigenvalue weighted by Crippen LogP contribution is -2.54. The first kappa shape index (κ1) is 23.2. The number of aromatic hydroxyl groups is 1. The van der Waals surface area contributed by atoms with E-state index in [4.69, 9.17) is 4.74 Å². The van der Waals surface area contributed by atoms with E-state index in [0.29, 0.717) is 17.0 Å². The Hall–Kier alpha value is -4.92. The fraction of sp³-hybridized carbons (Fsp3) is 0.0769. The highest BCUT2D eigenvalue weighted by Gasteiger charge is 2.36. The Labute approximate surface area is 200 Å². The number of ether oxygens (including phenoxy) is 1. The second kappa shape index (κ2) is 9.92. The minimum absolute atomic E-state index is 0.0274. The quantitative estimate of drug-likeness (QED) is 0.374. The van der Waals surface area contributed by atoms with E-state index in [-0.39, 0.29) is 29.5 Å². The first-order chi connectivity index (χ1) is 16.8. The van der Waals surface area contributed by atoms with Crippen LogP contribution in [0.25, 0.3) is 6.08 Å². The average Bonchev–Trinajstić information content (AvgIpc) is 2.84. The van der Waals surface area contributed by atoms with E-state index in [1.807, 2.05) is 25.1 Å². The summed E-state index contributed by atoms with van der Waals surface area (Å²) in [6, 6.07) is 18.4. The van der Waals surface area contributed by atoms with Crippen LogP contribution in [-0.2, 0) is 14.4 Å². The topological polar surface area (TPSA) is 125 Å². The Morgan fingerprint density at radius 3 is 2.37 bits per heavy atom. The molecule has 0 spiro atoms. The van der Waals surface area contributed by atoms with Gasteiger partial charge in [-0.1, -0.05) is 30.3 Å². The van der Waals surface area contributed by atoms with Crippen LogP contribution in [0.15, 0.2) is 78.4 Å². The van der Waals surface area contributed by atoms with Gasteiger partial charge in [-0.2, -0.15) is 0 Å². The van der Waals surface area contributed by atoms with Crippen molar-refractivity contribution in [2.45, 2.75) is 6.92 Å². The van der Waals surface area contributed by atoms with Crippen molar-refractivity contribution in [1.82, 2.24) is 5.32 Å². The molecule has 5 amide bonds. The molecule has 9 heteroatoms. The van der Waals surface area contributed by atoms with Gasteiger partial charge in [-0.3, -0.25) is 19.7 Å². The molecule has 1 aliphatic heterocycles. The van der Waals surface area contributed by atoms with Gasteiger partial charge in [-0.15, -0.1) is 0 Å². The van der Waals surface area contributed by atoms with Gasteiger partial charge in [0.1, 0.15) is 17.1 Å². The molecular formula is C26H21N3O6. The number of benzene rings is 3. The summed E-state index contributed by atoms with van der Waals surface area (Å²) in [6.07, 6.45) is 1.35. The maximum atomic E-state index is 12.9. The molecule has 0 aliphatic carbocycles. The number of urea groups is 1. The zero-order valence-corrected chi connectivity index (χ0v) is 18.6. The molecule has 176 valence electrons. The number of amides is 5. The number of anilines is 2. The van der Waals surface area contributed by atoms with Gasteiger partial charge in [0, 0.05) is 5.69 Å². The number of phenolic OH excluding ortho intramolecular Hbond substituents is 1. The number of barbiturate groups is 1. The summed E-state index contributed by atoms with van der Waals surface area (Å²) in [7, 11) is 0. The summed E-state index contributed by atoms with van der Waals surface area (Å²) in [5, 5.41) is 14.4. The Bertz CT molecular complexity index is 1330. The highest BCUT2D eigenvalue weighted by molar-refractivity contribution is 6.39. The minimum Gasteiger partial charge on any atom is -0.508 e. The average molecular weight is 471 g/mol. The van der Waals surface area contributed by atoms with E-state index in [2.05, 4.69) is 10.6 Å². The smallest absolute Gasteiger partial charge is 0.335 e. The number of para-hydroxylation sites is 1. The molecule has 4 rings (SSSR count). The molecule has 0 radical (unpaired) electrons. The summed E-state index contributed by atoms with van der Waals surface area (Å²) in [4.78, 5) is 50.4. The number of imide groups is 2. The van der Waals surface area contributed by atoms with Crippen molar-refractivity contribution in [2.75, 3.05) is 16.8 Å². The number of aryl methyl sites for hydroxylation is 1. The van der Waals surface area contributed by atoms with Crippen molar-refractivity contribution in [3.8, 4) is 11.5 Å². The highest BCUT2D eigenvalue weighted by Crippen LogP contribution is 2.24. The van der Waals surface area contributed by atoms with E-state index < -0.39 is 17.8 Å². The number of carbonyl (C=O) groups is 4. The van der Waals surface area contributed by atoms with E-state index in [9.17, 15) is 24.3 Å². The molecule has 0 aromatic heterocycles. The summed E-state index contributed by atoms with van der Waals surface area (Å²) < 4.78 is 5.51. The number of nitrogens with one attached hydrogen (secondary N) is 2. The molecule has 0 unspecified atom stereocenters. The summed E-state index contributed by atoms with van der Waals surface area (Å²) in [6.45, 7) is 1.69. The number of hydrogen-bond acceptors (Lipinski definition) is 6. The van der Waals surface area contributed by atoms with Crippen LogP contribution in [0.3, 0.4) is 0 Å². The van der Waals surface area contributed by atoms with Crippen LogP contribution in [0.1, 0.15) is 11.1 Å². The van der Waals surface area contributed by atoms with Crippen LogP contribution >= 0.6 is 0 Å². The number of nitrogens with zero attached hydrogens (tertiary/aromatic N) is 1. The normalized spacial score (nSPS) is 14.6. The largest absolute Gasteiger partial charge is 0.508 e. The van der Waals surface area contributed by atoms with Gasteiger partial charge >= 0.3 is 6.03 Å². The molecule has 0 bridgehead atoms. The summed E-state index contributed by atoms with van der Waals surface area (Å²) in [5.74, 6) is -1.53. The molecular weight excluding hydrogens is 450 g/mol. The van der Waals surface area contributed by atoms with E-state index >= 15 is 0 Å². The third-order valence-corrected chi connectivity index (χ3v) is 5.19. The van der Waals surface area contributed by atoms with Crippen LogP contribution < -0.4 is 20.3 Å². The molecule has 9 nitrogen and oxygen atoms in total. The molecule has 1 aliphatic rings. The lowest BCUT2D eigenvalue weighted by molar-refractivity contribution is -0.122. The first-order valence-electron chi connectivity index (χ1n) is 10.6. The Morgan fingerprint density at radius 2 is 1.69 bits per heavy atom. The van der Waals surface area contributed by atoms with E-state index in [1.165, 1.54) is 30.3 Å². The molecule has 1 fully saturated rings. The van der Waals surface area contributed by atoms with Gasteiger partial charge in [0.25, 0.3) is 17.7 Å². The van der Waals surface area contributed by atoms with Gasteiger partial charge in [-0.05, 0) is 66.6 Å². The zero-order valence-electron chi connectivity index (χ0n) is 18.6. The molecule has 3 N–H and O–H groups in total. The zero-order chi connectivity index (χ0) is 24.9. The van der Waals surface area contributed by atoms with Gasteiger partial charge in [0.2, 0.25) is 0 Å². The summed E-state index contributed by atoms with van der Waals surface area (Å²) in [5.41, 5.74) is 2.13. The van der Waals surface area contributed by atoms with Crippen molar-refractivity contribution in [1.29, 1.82) is 0 Å². The fourth-order valence-electron chi connectivity index (χ4n) is 3.37. The van der Waals surface area contributed by atoms with Gasteiger partial charge in [0.15, 0.2) is 6.61 Å². The maximum Gasteiger partial charge on any atom is 0.335 e. The second-order valence-electron chi connectivity index (χ2n) is 7.70. The maximum absolute atomic E-state index is 12.9. The fourth-order valence-corrected chi connectivity index (χ4v) is 3.37. The third kappa shape index (κ3) is 5.36. The standard InChI is InChI=1S/C26H21N3O6/c1-16-4-2-3-5-22(16)27-23(31)15-35-20-12-6-17(7-13-20)14-21-24(32)28-26(34)29(25(21)33)18-8-10-19(30)11-9-18/h2-14,30H,15H2,1H3,(H,27,31)(H,28,32,34)/b21-14-. The van der Waals surface area contributed by atoms with Crippen molar-refractivity contribution < 1.29 is 29.0 Å². The molecule has 1 heterocycles. The number of phenols is 1. The number of carbonyl (C=O) groups excluding carboxylic acids is 4. The minimum atomic E-state index is -0.879. The molecule has 35 heavy (non-hydrogen) atoms. The first-order valence-corrected chi connectivity index (χ1v) is 10.6. The van der Waals surface area contributed by atoms with Crippen LogP contribution in [0.4, 0.5) is 16.2 Å². The molecule has 1 saturated heterocycles. The van der Waals surface area contributed by atoms with E-state index in [0.717, 1.165) is 10.5 Å². The predicted molar refractivity (Wildman–Crippen MR) is 129 cm³/mol. The molecule has 3 aromatic carbocycles.